The number of sulfonamides is 1. The quantitative estimate of drug-likeness (QED) is 0.864. The second kappa shape index (κ2) is 7.68. The normalized spacial score (nSPS) is 17.5. The van der Waals surface area contributed by atoms with Crippen molar-refractivity contribution in [3.8, 4) is 0 Å². The standard InChI is InChI=1S/C20H26N2O2S/c1-21-25(23,24)15-18-10-6-9-17-11-12-19(13-20(17)18)22(2)14-16-7-4-3-5-8-16/h3-10,19,21H,11-15H2,1-2H3. The van der Waals surface area contributed by atoms with E-state index in [4.69, 9.17) is 0 Å². The zero-order valence-electron chi connectivity index (χ0n) is 14.9. The fraction of sp³-hybridized carbons (Fsp3) is 0.400. The predicted octanol–water partition coefficient (Wildman–Crippen LogP) is 2.73. The molecule has 0 fully saturated rings. The number of nitrogens with one attached hydrogen (secondary N) is 1. The van der Waals surface area contributed by atoms with Crippen molar-refractivity contribution in [3.05, 3.63) is 70.8 Å². The average molecular weight is 359 g/mol. The Morgan fingerprint density at radius 2 is 1.88 bits per heavy atom. The smallest absolute Gasteiger partial charge is 0.215 e. The van der Waals surface area contributed by atoms with Crippen LogP contribution < -0.4 is 4.72 Å². The number of hydrogen-bond donors (Lipinski definition) is 1. The molecule has 1 aliphatic rings. The molecule has 0 spiro atoms. The molecule has 1 atom stereocenters. The van der Waals surface area contributed by atoms with E-state index < -0.39 is 10.0 Å². The van der Waals surface area contributed by atoms with Crippen LogP contribution in [0.15, 0.2) is 48.5 Å². The van der Waals surface area contributed by atoms with E-state index in [0.717, 1.165) is 31.4 Å². The van der Waals surface area contributed by atoms with Crippen LogP contribution in [-0.2, 0) is 35.2 Å². The van der Waals surface area contributed by atoms with Crippen molar-refractivity contribution in [2.45, 2.75) is 37.6 Å². The number of aryl methyl sites for hydroxylation is 1. The maximum absolute atomic E-state index is 12.0. The third kappa shape index (κ3) is 4.48. The Balaban J connectivity index is 1.78. The largest absolute Gasteiger partial charge is 0.299 e. The van der Waals surface area contributed by atoms with Crippen LogP contribution in [0.4, 0.5) is 0 Å². The first-order valence-corrected chi connectivity index (χ1v) is 10.4. The van der Waals surface area contributed by atoms with E-state index in [1.165, 1.54) is 23.7 Å². The lowest BCUT2D eigenvalue weighted by molar-refractivity contribution is 0.213. The van der Waals surface area contributed by atoms with E-state index >= 15 is 0 Å². The third-order valence-corrected chi connectivity index (χ3v) is 6.42. The topological polar surface area (TPSA) is 49.4 Å². The fourth-order valence-corrected chi connectivity index (χ4v) is 4.46. The monoisotopic (exact) mass is 358 g/mol. The lowest BCUT2D eigenvalue weighted by Gasteiger charge is -2.33. The molecule has 1 N–H and O–H groups in total. The Morgan fingerprint density at radius 3 is 2.60 bits per heavy atom. The van der Waals surface area contributed by atoms with Gasteiger partial charge in [0.2, 0.25) is 10.0 Å². The van der Waals surface area contributed by atoms with Crippen LogP contribution in [-0.4, -0.2) is 33.5 Å². The first kappa shape index (κ1) is 18.1. The van der Waals surface area contributed by atoms with Gasteiger partial charge in [0, 0.05) is 12.6 Å². The molecule has 5 heteroatoms. The van der Waals surface area contributed by atoms with Gasteiger partial charge in [-0.25, -0.2) is 13.1 Å². The number of hydrogen-bond acceptors (Lipinski definition) is 3. The van der Waals surface area contributed by atoms with Crippen molar-refractivity contribution in [3.63, 3.8) is 0 Å². The highest BCUT2D eigenvalue weighted by molar-refractivity contribution is 7.88. The molecule has 0 heterocycles. The number of likely N-dealkylation sites (N-methyl/N-ethyl adjacent to an activating group) is 1. The van der Waals surface area contributed by atoms with E-state index in [2.05, 4.69) is 47.0 Å². The molecule has 0 saturated carbocycles. The van der Waals surface area contributed by atoms with Crippen LogP contribution in [0.3, 0.4) is 0 Å². The maximum Gasteiger partial charge on any atom is 0.215 e. The number of benzene rings is 2. The molecule has 1 aliphatic carbocycles. The highest BCUT2D eigenvalue weighted by atomic mass is 32.2. The van der Waals surface area contributed by atoms with Crippen LogP contribution in [0.25, 0.3) is 0 Å². The van der Waals surface area contributed by atoms with Crippen molar-refractivity contribution < 1.29 is 8.42 Å². The SMILES string of the molecule is CNS(=O)(=O)Cc1cccc2c1CC(N(C)Cc1ccccc1)CC2. The fourth-order valence-electron chi connectivity index (χ4n) is 3.63. The minimum atomic E-state index is -3.26. The number of nitrogens with zero attached hydrogens (tertiary/aromatic N) is 1. The first-order valence-electron chi connectivity index (χ1n) is 8.73. The zero-order chi connectivity index (χ0) is 17.9. The van der Waals surface area contributed by atoms with Crippen LogP contribution in [0.1, 0.15) is 28.7 Å². The van der Waals surface area contributed by atoms with Gasteiger partial charge in [-0.3, -0.25) is 4.90 Å². The second-order valence-corrected chi connectivity index (χ2v) is 8.74. The van der Waals surface area contributed by atoms with Crippen LogP contribution >= 0.6 is 0 Å². The first-order chi connectivity index (χ1) is 12.0. The Labute approximate surface area is 150 Å². The van der Waals surface area contributed by atoms with Gasteiger partial charge >= 0.3 is 0 Å². The van der Waals surface area contributed by atoms with Crippen molar-refractivity contribution in [2.75, 3.05) is 14.1 Å². The van der Waals surface area contributed by atoms with Gasteiger partial charge < -0.3 is 0 Å². The molecule has 4 nitrogen and oxygen atoms in total. The zero-order valence-corrected chi connectivity index (χ0v) is 15.7. The van der Waals surface area contributed by atoms with E-state index in [0.29, 0.717) is 6.04 Å². The Bertz CT molecular complexity index is 819. The molecule has 3 rings (SSSR count). The van der Waals surface area contributed by atoms with Crippen LogP contribution in [0, 0.1) is 0 Å². The second-order valence-electron chi connectivity index (χ2n) is 6.82. The Hall–Kier alpha value is -1.69. The molecule has 0 amide bonds. The van der Waals surface area contributed by atoms with Crippen LogP contribution in [0.5, 0.6) is 0 Å². The summed E-state index contributed by atoms with van der Waals surface area (Å²) in [6.07, 6.45) is 3.03. The van der Waals surface area contributed by atoms with Gasteiger partial charge in [-0.2, -0.15) is 0 Å². The van der Waals surface area contributed by atoms with Gasteiger partial charge in [-0.15, -0.1) is 0 Å². The molecule has 1 unspecified atom stereocenters. The minimum Gasteiger partial charge on any atom is -0.299 e. The highest BCUT2D eigenvalue weighted by Gasteiger charge is 2.25. The van der Waals surface area contributed by atoms with E-state index in [1.807, 2.05) is 18.2 Å². The molecular weight excluding hydrogens is 332 g/mol. The lowest BCUT2D eigenvalue weighted by Crippen LogP contribution is -2.36. The molecule has 2 aromatic rings. The number of rotatable bonds is 6. The van der Waals surface area contributed by atoms with Gasteiger partial charge in [0.05, 0.1) is 5.75 Å². The molecule has 0 aliphatic heterocycles. The molecule has 25 heavy (non-hydrogen) atoms. The Morgan fingerprint density at radius 1 is 1.12 bits per heavy atom. The molecule has 0 radical (unpaired) electrons. The number of fused-ring (bicyclic) bond motifs is 1. The summed E-state index contributed by atoms with van der Waals surface area (Å²) in [4.78, 5) is 2.39. The van der Waals surface area contributed by atoms with Crippen molar-refractivity contribution in [1.29, 1.82) is 0 Å². The molecular formula is C20H26N2O2S. The summed E-state index contributed by atoms with van der Waals surface area (Å²) in [6.45, 7) is 0.915. The molecule has 0 saturated heterocycles. The summed E-state index contributed by atoms with van der Waals surface area (Å²) in [5, 5.41) is 0. The summed E-state index contributed by atoms with van der Waals surface area (Å²) in [5.74, 6) is 0.0573. The summed E-state index contributed by atoms with van der Waals surface area (Å²) in [6, 6.07) is 17.0. The lowest BCUT2D eigenvalue weighted by atomic mass is 9.85. The van der Waals surface area contributed by atoms with Gasteiger partial charge in [0.25, 0.3) is 0 Å². The van der Waals surface area contributed by atoms with Crippen molar-refractivity contribution >= 4 is 10.0 Å². The van der Waals surface area contributed by atoms with Crippen molar-refractivity contribution in [1.82, 2.24) is 9.62 Å². The van der Waals surface area contributed by atoms with Crippen molar-refractivity contribution in [2.24, 2.45) is 0 Å². The average Bonchev–Trinajstić information content (AvgIpc) is 2.62. The summed E-state index contributed by atoms with van der Waals surface area (Å²) in [5.41, 5.74) is 4.76. The Kier molecular flexibility index (Phi) is 5.57. The molecule has 134 valence electrons. The predicted molar refractivity (Wildman–Crippen MR) is 102 cm³/mol. The molecule has 0 bridgehead atoms. The van der Waals surface area contributed by atoms with Gasteiger partial charge in [-0.1, -0.05) is 48.5 Å². The van der Waals surface area contributed by atoms with Gasteiger partial charge in [-0.05, 0) is 55.6 Å². The highest BCUT2D eigenvalue weighted by Crippen LogP contribution is 2.28. The minimum absolute atomic E-state index is 0.0573. The summed E-state index contributed by atoms with van der Waals surface area (Å²) in [7, 11) is 0.380. The molecule has 0 aromatic heterocycles. The summed E-state index contributed by atoms with van der Waals surface area (Å²) < 4.78 is 26.4. The molecule has 2 aromatic carbocycles. The van der Waals surface area contributed by atoms with E-state index in [1.54, 1.807) is 0 Å². The van der Waals surface area contributed by atoms with E-state index in [9.17, 15) is 8.42 Å². The maximum atomic E-state index is 12.0. The van der Waals surface area contributed by atoms with Gasteiger partial charge in [0.15, 0.2) is 0 Å². The third-order valence-electron chi connectivity index (χ3n) is 5.11. The van der Waals surface area contributed by atoms with Crippen LogP contribution in [0.2, 0.25) is 0 Å². The van der Waals surface area contributed by atoms with Gasteiger partial charge in [0.1, 0.15) is 0 Å². The summed E-state index contributed by atoms with van der Waals surface area (Å²) >= 11 is 0. The van der Waals surface area contributed by atoms with E-state index in [-0.39, 0.29) is 5.75 Å².